The van der Waals surface area contributed by atoms with E-state index < -0.39 is 0 Å². The third kappa shape index (κ3) is 6.38. The van der Waals surface area contributed by atoms with Crippen molar-refractivity contribution in [3.63, 3.8) is 0 Å². The quantitative estimate of drug-likeness (QED) is 0.226. The zero-order valence-corrected chi connectivity index (χ0v) is 23.7. The van der Waals surface area contributed by atoms with Gasteiger partial charge in [0.25, 0.3) is 0 Å². The zero-order chi connectivity index (χ0) is 28.1. The molecule has 3 heterocycles. The monoisotopic (exact) mass is 544 g/mol. The number of methoxy groups -OCH3 is 1. The van der Waals surface area contributed by atoms with E-state index in [4.69, 9.17) is 10.5 Å². The molecule has 0 radical (unpaired) electrons. The minimum Gasteiger partial charge on any atom is -0.493 e. The number of fused-ring (bicyclic) bond motifs is 1. The molecule has 0 saturated carbocycles. The number of hydrogen-bond acceptors (Lipinski definition) is 5. The highest BCUT2D eigenvalue weighted by Crippen LogP contribution is 2.36. The lowest BCUT2D eigenvalue weighted by molar-refractivity contribution is 0.186. The number of para-hydroxylation sites is 1. The van der Waals surface area contributed by atoms with Crippen molar-refractivity contribution < 1.29 is 14.2 Å². The third-order valence-corrected chi connectivity index (χ3v) is 8.31. The molecule has 4 aromatic rings. The smallest absolute Gasteiger partial charge is 0.210 e. The van der Waals surface area contributed by atoms with Crippen LogP contribution < -0.4 is 5.73 Å². The van der Waals surface area contributed by atoms with Crippen LogP contribution >= 0.6 is 0 Å². The molecule has 2 aromatic heterocycles. The van der Waals surface area contributed by atoms with Crippen LogP contribution in [0.1, 0.15) is 48.4 Å². The molecule has 2 aromatic carbocycles. The van der Waals surface area contributed by atoms with Crippen LogP contribution in [-0.2, 0) is 17.7 Å². The fourth-order valence-corrected chi connectivity index (χ4v) is 6.30. The van der Waals surface area contributed by atoms with E-state index in [0.717, 1.165) is 80.3 Å². The maximum Gasteiger partial charge on any atom is 0.210 e. The first-order valence-electron chi connectivity index (χ1n) is 14.4. The van der Waals surface area contributed by atoms with Crippen molar-refractivity contribution in [2.75, 3.05) is 33.4 Å². The molecule has 0 amide bonds. The SMILES string of the molecule is COCCCn1c(C2CCCN(CC[C@H](N)Cc3ccc(-c4ccc(O)nc4)cc3)C2)c(C)c2cccc(F)c21. The van der Waals surface area contributed by atoms with E-state index in [9.17, 15) is 5.11 Å². The van der Waals surface area contributed by atoms with Gasteiger partial charge in [0.15, 0.2) is 0 Å². The summed E-state index contributed by atoms with van der Waals surface area (Å²) in [6.45, 7) is 6.60. The van der Waals surface area contributed by atoms with Crippen LogP contribution in [0.3, 0.4) is 0 Å². The highest BCUT2D eigenvalue weighted by molar-refractivity contribution is 5.86. The second-order valence-electron chi connectivity index (χ2n) is 11.1. The van der Waals surface area contributed by atoms with Crippen LogP contribution in [-0.4, -0.2) is 59.0 Å². The van der Waals surface area contributed by atoms with Crippen molar-refractivity contribution in [2.45, 2.75) is 57.5 Å². The predicted molar refractivity (Wildman–Crippen MR) is 159 cm³/mol. The van der Waals surface area contributed by atoms with Crippen molar-refractivity contribution in [3.05, 3.63) is 83.4 Å². The van der Waals surface area contributed by atoms with Gasteiger partial charge in [0, 0.05) is 67.7 Å². The topological polar surface area (TPSA) is 76.5 Å². The number of benzene rings is 2. The van der Waals surface area contributed by atoms with Crippen molar-refractivity contribution in [2.24, 2.45) is 5.73 Å². The fourth-order valence-electron chi connectivity index (χ4n) is 6.30. The standard InChI is InChI=1S/C33H41FN4O2/c1-23-29-7-3-8-30(34)33(29)38(17-5-19-40-2)32(23)27-6-4-16-37(22-27)18-15-28(35)20-24-9-11-25(12-10-24)26-13-14-31(39)36-21-26/h3,7-14,21,27-28H,4-6,15-20,22,35H2,1-2H3,(H,36,39)/t27?,28-/m0/s1. The largest absolute Gasteiger partial charge is 0.493 e. The second kappa shape index (κ2) is 12.9. The lowest BCUT2D eigenvalue weighted by Crippen LogP contribution is -2.38. The molecule has 3 N–H and O–H groups in total. The zero-order valence-electron chi connectivity index (χ0n) is 23.7. The first kappa shape index (κ1) is 28.3. The number of nitrogens with zero attached hydrogens (tertiary/aromatic N) is 3. The molecule has 5 rings (SSSR count). The van der Waals surface area contributed by atoms with E-state index in [1.165, 1.54) is 16.8 Å². The predicted octanol–water partition coefficient (Wildman–Crippen LogP) is 6.03. The van der Waals surface area contributed by atoms with Crippen molar-refractivity contribution in [1.29, 1.82) is 0 Å². The molecule has 2 atom stereocenters. The second-order valence-corrected chi connectivity index (χ2v) is 11.1. The number of nitrogens with two attached hydrogens (primary N) is 1. The molecule has 0 bridgehead atoms. The van der Waals surface area contributed by atoms with Gasteiger partial charge in [-0.15, -0.1) is 0 Å². The summed E-state index contributed by atoms with van der Waals surface area (Å²) < 4.78 is 22.6. The number of likely N-dealkylation sites (tertiary alicyclic amines) is 1. The maximum absolute atomic E-state index is 15.0. The normalized spacial score (nSPS) is 16.9. The Morgan fingerprint density at radius 1 is 1.10 bits per heavy atom. The van der Waals surface area contributed by atoms with Gasteiger partial charge in [-0.25, -0.2) is 9.37 Å². The van der Waals surface area contributed by atoms with Crippen LogP contribution in [0.4, 0.5) is 4.39 Å². The number of halogens is 1. The highest BCUT2D eigenvalue weighted by atomic mass is 19.1. The number of pyridine rings is 1. The number of piperidine rings is 1. The summed E-state index contributed by atoms with van der Waals surface area (Å²) >= 11 is 0. The average Bonchev–Trinajstić information content (AvgIpc) is 3.25. The van der Waals surface area contributed by atoms with Crippen LogP contribution in [0.25, 0.3) is 22.0 Å². The molecule has 7 heteroatoms. The molecule has 1 unspecified atom stereocenters. The Hall–Kier alpha value is -3.26. The van der Waals surface area contributed by atoms with E-state index in [2.05, 4.69) is 51.7 Å². The number of rotatable bonds is 11. The van der Waals surface area contributed by atoms with Gasteiger partial charge in [0.2, 0.25) is 5.88 Å². The van der Waals surface area contributed by atoms with Gasteiger partial charge in [-0.1, -0.05) is 36.4 Å². The van der Waals surface area contributed by atoms with Gasteiger partial charge in [0.05, 0.1) is 5.52 Å². The minimum absolute atomic E-state index is 0.0277. The van der Waals surface area contributed by atoms with Crippen LogP contribution in [0, 0.1) is 12.7 Å². The third-order valence-electron chi connectivity index (χ3n) is 8.31. The molecule has 1 fully saturated rings. The summed E-state index contributed by atoms with van der Waals surface area (Å²) in [5.74, 6) is 0.261. The minimum atomic E-state index is -0.143. The Labute approximate surface area is 236 Å². The van der Waals surface area contributed by atoms with Gasteiger partial charge < -0.3 is 25.0 Å². The van der Waals surface area contributed by atoms with Gasteiger partial charge in [-0.3, -0.25) is 0 Å². The maximum atomic E-state index is 15.0. The summed E-state index contributed by atoms with van der Waals surface area (Å²) in [4.78, 5) is 6.51. The number of hydrogen-bond donors (Lipinski definition) is 2. The molecular formula is C33H41FN4O2. The molecule has 1 saturated heterocycles. The van der Waals surface area contributed by atoms with Crippen molar-refractivity contribution in [1.82, 2.24) is 14.5 Å². The van der Waals surface area contributed by atoms with Crippen molar-refractivity contribution >= 4 is 10.9 Å². The van der Waals surface area contributed by atoms with E-state index >= 15 is 4.39 Å². The van der Waals surface area contributed by atoms with Gasteiger partial charge in [0.1, 0.15) is 5.82 Å². The fraction of sp³-hybridized carbons (Fsp3) is 0.424. The Kier molecular flexibility index (Phi) is 9.15. The van der Waals surface area contributed by atoms with Gasteiger partial charge in [-0.2, -0.15) is 0 Å². The Morgan fingerprint density at radius 2 is 1.90 bits per heavy atom. The first-order chi connectivity index (χ1) is 19.4. The highest BCUT2D eigenvalue weighted by Gasteiger charge is 2.28. The molecular weight excluding hydrogens is 503 g/mol. The molecule has 40 heavy (non-hydrogen) atoms. The van der Waals surface area contributed by atoms with E-state index in [-0.39, 0.29) is 17.7 Å². The summed E-state index contributed by atoms with van der Waals surface area (Å²) in [6.07, 6.45) is 6.56. The number of aryl methyl sites for hydroxylation is 2. The summed E-state index contributed by atoms with van der Waals surface area (Å²) in [7, 11) is 1.72. The number of ether oxygens (including phenoxy) is 1. The average molecular weight is 545 g/mol. The number of aromatic nitrogens is 2. The molecule has 212 valence electrons. The molecule has 0 aliphatic carbocycles. The number of aromatic hydroxyl groups is 1. The molecule has 1 aliphatic rings. The molecule has 0 spiro atoms. The molecule has 1 aliphatic heterocycles. The lowest BCUT2D eigenvalue weighted by Gasteiger charge is -2.34. The van der Waals surface area contributed by atoms with E-state index in [1.54, 1.807) is 25.4 Å². The van der Waals surface area contributed by atoms with Crippen LogP contribution in [0.15, 0.2) is 60.8 Å². The van der Waals surface area contributed by atoms with E-state index in [1.807, 2.05) is 12.1 Å². The summed E-state index contributed by atoms with van der Waals surface area (Å²) in [5, 5.41) is 10.4. The Morgan fingerprint density at radius 3 is 2.65 bits per heavy atom. The lowest BCUT2D eigenvalue weighted by atomic mass is 9.91. The summed E-state index contributed by atoms with van der Waals surface area (Å²) in [6, 6.07) is 17.4. The van der Waals surface area contributed by atoms with Crippen LogP contribution in [0.2, 0.25) is 0 Å². The van der Waals surface area contributed by atoms with Gasteiger partial charge >= 0.3 is 0 Å². The van der Waals surface area contributed by atoms with Gasteiger partial charge in [-0.05, 0) is 80.9 Å². The first-order valence-corrected chi connectivity index (χ1v) is 14.4. The Bertz CT molecular complexity index is 1400. The summed E-state index contributed by atoms with van der Waals surface area (Å²) in [5.41, 5.74) is 13.1. The van der Waals surface area contributed by atoms with E-state index in [0.29, 0.717) is 12.5 Å². The Balaban J connectivity index is 1.21. The molecule has 6 nitrogen and oxygen atoms in total. The van der Waals surface area contributed by atoms with Crippen molar-refractivity contribution in [3.8, 4) is 17.0 Å². The van der Waals surface area contributed by atoms with Crippen LogP contribution in [0.5, 0.6) is 5.88 Å².